The van der Waals surface area contributed by atoms with E-state index in [-0.39, 0.29) is 0 Å². The Morgan fingerprint density at radius 3 is 2.43 bits per heavy atom. The van der Waals surface area contributed by atoms with Crippen LogP contribution in [0.1, 0.15) is 16.8 Å². The fourth-order valence-electron chi connectivity index (χ4n) is 2.36. The summed E-state index contributed by atoms with van der Waals surface area (Å²) in [5.74, 6) is 0.755. The molecule has 21 heavy (non-hydrogen) atoms. The number of imidazole rings is 1. The Morgan fingerprint density at radius 1 is 1.00 bits per heavy atom. The molecule has 5 heteroatoms. The van der Waals surface area contributed by atoms with Gasteiger partial charge in [-0.2, -0.15) is 0 Å². The van der Waals surface area contributed by atoms with E-state index in [1.807, 2.05) is 41.8 Å². The molecule has 0 spiro atoms. The van der Waals surface area contributed by atoms with Crippen LogP contribution in [0.3, 0.4) is 0 Å². The topological polar surface area (TPSA) is 42.0 Å². The lowest BCUT2D eigenvalue weighted by atomic mass is 10.1. The van der Waals surface area contributed by atoms with Crippen LogP contribution in [0, 0.1) is 20.8 Å². The molecular weight excluding hydrogens is 328 g/mol. The Kier molecular flexibility index (Phi) is 3.59. The van der Waals surface area contributed by atoms with Crippen LogP contribution >= 0.6 is 15.9 Å². The van der Waals surface area contributed by atoms with Crippen LogP contribution in [0.25, 0.3) is 5.65 Å². The second-order valence-electron chi connectivity index (χ2n) is 5.14. The number of azo groups is 1. The van der Waals surface area contributed by atoms with Crippen molar-refractivity contribution in [2.24, 2.45) is 10.2 Å². The van der Waals surface area contributed by atoms with Gasteiger partial charge in [-0.1, -0.05) is 6.07 Å². The first-order valence-electron chi connectivity index (χ1n) is 6.67. The number of rotatable bonds is 2. The number of hydrogen-bond donors (Lipinski definition) is 0. The van der Waals surface area contributed by atoms with Gasteiger partial charge in [0.25, 0.3) is 0 Å². The number of fused-ring (bicyclic) bond motifs is 1. The lowest BCUT2D eigenvalue weighted by Gasteiger charge is -2.00. The molecule has 0 amide bonds. The standard InChI is InChI=1S/C16H15BrN4/c1-10-6-11(2)8-14(7-10)19-20-16-12(3)18-15-5-4-13(17)9-21(15)16/h4-9H,1-3H3. The first kappa shape index (κ1) is 13.9. The fraction of sp³-hybridized carbons (Fsp3) is 0.188. The molecule has 0 unspecified atom stereocenters. The summed E-state index contributed by atoms with van der Waals surface area (Å²) in [6, 6.07) is 10.1. The highest BCUT2D eigenvalue weighted by Crippen LogP contribution is 2.26. The molecule has 2 heterocycles. The van der Waals surface area contributed by atoms with Crippen LogP contribution in [0.4, 0.5) is 11.5 Å². The fourth-order valence-corrected chi connectivity index (χ4v) is 2.69. The van der Waals surface area contributed by atoms with Crippen molar-refractivity contribution in [3.05, 3.63) is 57.8 Å². The van der Waals surface area contributed by atoms with E-state index in [9.17, 15) is 0 Å². The van der Waals surface area contributed by atoms with Crippen LogP contribution in [-0.4, -0.2) is 9.38 Å². The van der Waals surface area contributed by atoms with Gasteiger partial charge in [0.15, 0.2) is 5.82 Å². The highest BCUT2D eigenvalue weighted by Gasteiger charge is 2.08. The molecule has 3 aromatic rings. The molecular formula is C16H15BrN4. The third-order valence-electron chi connectivity index (χ3n) is 3.19. The van der Waals surface area contributed by atoms with Crippen molar-refractivity contribution < 1.29 is 0 Å². The van der Waals surface area contributed by atoms with Crippen molar-refractivity contribution in [3.63, 3.8) is 0 Å². The Labute approximate surface area is 131 Å². The van der Waals surface area contributed by atoms with Gasteiger partial charge in [-0.15, -0.1) is 10.2 Å². The number of hydrogen-bond acceptors (Lipinski definition) is 3. The number of nitrogens with zero attached hydrogens (tertiary/aromatic N) is 4. The quantitative estimate of drug-likeness (QED) is 0.572. The molecule has 0 saturated heterocycles. The highest BCUT2D eigenvalue weighted by molar-refractivity contribution is 9.10. The predicted molar refractivity (Wildman–Crippen MR) is 87.7 cm³/mol. The van der Waals surface area contributed by atoms with Gasteiger partial charge in [-0.3, -0.25) is 4.40 Å². The highest BCUT2D eigenvalue weighted by atomic mass is 79.9. The number of benzene rings is 1. The Morgan fingerprint density at radius 2 is 1.71 bits per heavy atom. The van der Waals surface area contributed by atoms with Crippen molar-refractivity contribution in [2.45, 2.75) is 20.8 Å². The van der Waals surface area contributed by atoms with Crippen LogP contribution in [0.5, 0.6) is 0 Å². The van der Waals surface area contributed by atoms with Crippen molar-refractivity contribution in [1.82, 2.24) is 9.38 Å². The van der Waals surface area contributed by atoms with Gasteiger partial charge in [0.2, 0.25) is 0 Å². The summed E-state index contributed by atoms with van der Waals surface area (Å²) in [6.45, 7) is 6.06. The number of aryl methyl sites for hydroxylation is 3. The van der Waals surface area contributed by atoms with Gasteiger partial charge in [0, 0.05) is 10.7 Å². The summed E-state index contributed by atoms with van der Waals surface area (Å²) >= 11 is 3.47. The maximum absolute atomic E-state index is 4.49. The maximum Gasteiger partial charge on any atom is 0.182 e. The molecule has 1 aromatic carbocycles. The van der Waals surface area contributed by atoms with E-state index in [0.29, 0.717) is 0 Å². The minimum absolute atomic E-state index is 0.755. The second-order valence-corrected chi connectivity index (χ2v) is 6.06. The van der Waals surface area contributed by atoms with E-state index >= 15 is 0 Å². The van der Waals surface area contributed by atoms with E-state index in [4.69, 9.17) is 0 Å². The third kappa shape index (κ3) is 2.88. The first-order chi connectivity index (χ1) is 10.0. The number of pyridine rings is 1. The zero-order chi connectivity index (χ0) is 15.0. The lowest BCUT2D eigenvalue weighted by Crippen LogP contribution is -1.83. The molecule has 3 rings (SSSR count). The first-order valence-corrected chi connectivity index (χ1v) is 7.46. The van der Waals surface area contributed by atoms with Crippen LogP contribution in [0.15, 0.2) is 51.2 Å². The molecule has 106 valence electrons. The van der Waals surface area contributed by atoms with Gasteiger partial charge >= 0.3 is 0 Å². The molecule has 2 aromatic heterocycles. The van der Waals surface area contributed by atoms with Gasteiger partial charge in [-0.25, -0.2) is 4.98 Å². The normalized spacial score (nSPS) is 11.6. The van der Waals surface area contributed by atoms with Gasteiger partial charge in [0.1, 0.15) is 5.65 Å². The van der Waals surface area contributed by atoms with Crippen molar-refractivity contribution in [3.8, 4) is 0 Å². The monoisotopic (exact) mass is 342 g/mol. The zero-order valence-electron chi connectivity index (χ0n) is 12.1. The minimum atomic E-state index is 0.755. The average Bonchev–Trinajstić information content (AvgIpc) is 2.70. The second kappa shape index (κ2) is 5.41. The molecule has 0 aliphatic rings. The van der Waals surface area contributed by atoms with Crippen molar-refractivity contribution >= 4 is 33.1 Å². The molecule has 0 saturated carbocycles. The Hall–Kier alpha value is -2.01. The van der Waals surface area contributed by atoms with E-state index in [1.54, 1.807) is 0 Å². The summed E-state index contributed by atoms with van der Waals surface area (Å²) < 4.78 is 2.92. The van der Waals surface area contributed by atoms with Gasteiger partial charge in [0.05, 0.1) is 11.4 Å². The molecule has 0 aliphatic carbocycles. The lowest BCUT2D eigenvalue weighted by molar-refractivity contribution is 1.09. The largest absolute Gasteiger partial charge is 0.282 e. The molecule has 0 radical (unpaired) electrons. The van der Waals surface area contributed by atoms with E-state index < -0.39 is 0 Å². The van der Waals surface area contributed by atoms with Crippen LogP contribution in [-0.2, 0) is 0 Å². The van der Waals surface area contributed by atoms with Crippen molar-refractivity contribution in [2.75, 3.05) is 0 Å². The summed E-state index contributed by atoms with van der Waals surface area (Å²) in [4.78, 5) is 4.49. The summed E-state index contributed by atoms with van der Waals surface area (Å²) in [5, 5.41) is 8.75. The zero-order valence-corrected chi connectivity index (χ0v) is 13.7. The summed E-state index contributed by atoms with van der Waals surface area (Å²) in [7, 11) is 0. The predicted octanol–water partition coefficient (Wildman–Crippen LogP) is 5.44. The van der Waals surface area contributed by atoms with E-state index in [2.05, 4.69) is 51.1 Å². The van der Waals surface area contributed by atoms with E-state index in [1.165, 1.54) is 11.1 Å². The molecule has 0 aliphatic heterocycles. The average molecular weight is 343 g/mol. The summed E-state index contributed by atoms with van der Waals surface area (Å²) in [6.07, 6.45) is 1.95. The third-order valence-corrected chi connectivity index (χ3v) is 3.66. The molecule has 4 nitrogen and oxygen atoms in total. The van der Waals surface area contributed by atoms with E-state index in [0.717, 1.165) is 27.3 Å². The smallest absolute Gasteiger partial charge is 0.182 e. The number of aromatic nitrogens is 2. The Balaban J connectivity index is 2.06. The Bertz CT molecular complexity index is 829. The number of halogens is 1. The van der Waals surface area contributed by atoms with Gasteiger partial charge < -0.3 is 0 Å². The maximum atomic E-state index is 4.49. The molecule has 0 bridgehead atoms. The summed E-state index contributed by atoms with van der Waals surface area (Å²) in [5.41, 5.74) is 4.95. The molecule has 0 N–H and O–H groups in total. The molecule has 0 atom stereocenters. The van der Waals surface area contributed by atoms with Crippen LogP contribution < -0.4 is 0 Å². The van der Waals surface area contributed by atoms with Crippen molar-refractivity contribution in [1.29, 1.82) is 0 Å². The SMILES string of the molecule is Cc1cc(C)cc(N=Nc2c(C)nc3ccc(Br)cn23)c1. The van der Waals surface area contributed by atoms with Gasteiger partial charge in [-0.05, 0) is 72.1 Å². The minimum Gasteiger partial charge on any atom is -0.282 e. The molecule has 0 fully saturated rings. The van der Waals surface area contributed by atoms with Crippen LogP contribution in [0.2, 0.25) is 0 Å².